The van der Waals surface area contributed by atoms with E-state index in [9.17, 15) is 13.6 Å². The Kier molecular flexibility index (Phi) is 4.44. The van der Waals surface area contributed by atoms with Gasteiger partial charge in [0, 0.05) is 0 Å². The Morgan fingerprint density at radius 3 is 2.69 bits per heavy atom. The number of methoxy groups -OCH3 is 1. The largest absolute Gasteiger partial charge is 0.465 e. The summed E-state index contributed by atoms with van der Waals surface area (Å²) in [5, 5.41) is -0.288. The van der Waals surface area contributed by atoms with Crippen LogP contribution in [0, 0.1) is 0 Å². The molecule has 0 radical (unpaired) electrons. The summed E-state index contributed by atoms with van der Waals surface area (Å²) in [5.74, 6) is -0.896. The summed E-state index contributed by atoms with van der Waals surface area (Å²) in [6.45, 7) is 0. The summed E-state index contributed by atoms with van der Waals surface area (Å²) >= 11 is 11.1. The van der Waals surface area contributed by atoms with Gasteiger partial charge < -0.3 is 4.74 Å². The number of ether oxygens (including phenoxy) is 1. The molecule has 1 rings (SSSR count). The van der Waals surface area contributed by atoms with Crippen LogP contribution in [-0.4, -0.2) is 18.1 Å². The normalized spacial score (nSPS) is 10.6. The molecule has 0 N–H and O–H groups in total. The smallest absolute Gasteiger partial charge is 0.339 e. The summed E-state index contributed by atoms with van der Waals surface area (Å²) in [7, 11) is 1.16. The molecule has 0 fully saturated rings. The molecule has 3 nitrogen and oxygen atoms in total. The molecule has 0 amide bonds. The van der Waals surface area contributed by atoms with Gasteiger partial charge in [0.1, 0.15) is 5.69 Å². The van der Waals surface area contributed by atoms with Gasteiger partial charge in [0.25, 0.3) is 6.43 Å². The molecule has 1 heterocycles. The van der Waals surface area contributed by atoms with E-state index < -0.39 is 18.1 Å². The Morgan fingerprint density at radius 1 is 1.62 bits per heavy atom. The van der Waals surface area contributed by atoms with E-state index in [1.54, 1.807) is 0 Å². The summed E-state index contributed by atoms with van der Waals surface area (Å²) in [5.41, 5.74) is -0.579. The van der Waals surface area contributed by atoms with Gasteiger partial charge in [0.05, 0.1) is 29.3 Å². The van der Waals surface area contributed by atoms with Crippen molar-refractivity contribution in [2.75, 3.05) is 7.11 Å². The molecule has 0 aliphatic carbocycles. The fourth-order valence-corrected chi connectivity index (χ4v) is 1.52. The van der Waals surface area contributed by atoms with Crippen LogP contribution in [-0.2, 0) is 10.6 Å². The zero-order valence-electron chi connectivity index (χ0n) is 8.14. The van der Waals surface area contributed by atoms with E-state index in [1.807, 2.05) is 0 Å². The average Bonchev–Trinajstić information content (AvgIpc) is 2.27. The number of alkyl halides is 3. The lowest BCUT2D eigenvalue weighted by Gasteiger charge is -2.08. The van der Waals surface area contributed by atoms with Crippen LogP contribution >= 0.6 is 23.2 Å². The average molecular weight is 270 g/mol. The second-order valence-electron chi connectivity index (χ2n) is 2.78. The Hall–Kier alpha value is -0.940. The van der Waals surface area contributed by atoms with E-state index in [1.165, 1.54) is 0 Å². The van der Waals surface area contributed by atoms with Crippen molar-refractivity contribution in [2.24, 2.45) is 0 Å². The van der Waals surface area contributed by atoms with Gasteiger partial charge in [-0.3, -0.25) is 0 Å². The summed E-state index contributed by atoms with van der Waals surface area (Å²) in [4.78, 5) is 14.8. The minimum Gasteiger partial charge on any atom is -0.465 e. The number of pyridine rings is 1. The number of nitrogens with zero attached hydrogens (tertiary/aromatic N) is 1. The van der Waals surface area contributed by atoms with Crippen LogP contribution in [0.4, 0.5) is 8.78 Å². The SMILES string of the molecule is COC(=O)c1cc(Cl)c(C(F)F)nc1CCl. The Balaban J connectivity index is 3.32. The molecule has 0 aliphatic heterocycles. The number of carbonyl (C=O) groups is 1. The number of aromatic nitrogens is 1. The minimum absolute atomic E-state index is 0.00750. The van der Waals surface area contributed by atoms with Crippen molar-refractivity contribution in [3.63, 3.8) is 0 Å². The number of halogens is 4. The predicted octanol–water partition coefficient (Wildman–Crippen LogP) is 3.20. The van der Waals surface area contributed by atoms with Crippen molar-refractivity contribution in [1.82, 2.24) is 4.98 Å². The molecular formula is C9H7Cl2F2NO2. The zero-order valence-corrected chi connectivity index (χ0v) is 9.65. The molecule has 88 valence electrons. The predicted molar refractivity (Wildman–Crippen MR) is 55.1 cm³/mol. The molecule has 0 spiro atoms. The Bertz CT molecular complexity index is 413. The zero-order chi connectivity index (χ0) is 12.3. The van der Waals surface area contributed by atoms with Crippen molar-refractivity contribution < 1.29 is 18.3 Å². The fraction of sp³-hybridized carbons (Fsp3) is 0.333. The standard InChI is InChI=1S/C9H7Cl2F2NO2/c1-16-9(15)4-2-5(11)7(8(12)13)14-6(4)3-10/h2,8H,3H2,1H3. The van der Waals surface area contributed by atoms with Gasteiger partial charge in [0.2, 0.25) is 0 Å². The van der Waals surface area contributed by atoms with Crippen molar-refractivity contribution in [3.8, 4) is 0 Å². The third kappa shape index (κ3) is 2.59. The van der Waals surface area contributed by atoms with E-state index in [0.717, 1.165) is 13.2 Å². The van der Waals surface area contributed by atoms with Crippen LogP contribution in [0.1, 0.15) is 28.2 Å². The molecule has 1 aromatic heterocycles. The highest BCUT2D eigenvalue weighted by Gasteiger charge is 2.20. The molecule has 0 saturated heterocycles. The summed E-state index contributed by atoms with van der Waals surface area (Å²) < 4.78 is 29.4. The lowest BCUT2D eigenvalue weighted by atomic mass is 10.2. The van der Waals surface area contributed by atoms with E-state index >= 15 is 0 Å². The lowest BCUT2D eigenvalue weighted by molar-refractivity contribution is 0.0598. The maximum atomic E-state index is 12.5. The van der Waals surface area contributed by atoms with E-state index in [-0.39, 0.29) is 22.2 Å². The Labute approximate surface area is 100 Å². The minimum atomic E-state index is -2.82. The molecule has 1 aromatic rings. The molecule has 0 atom stereocenters. The number of esters is 1. The van der Waals surface area contributed by atoms with E-state index in [4.69, 9.17) is 23.2 Å². The van der Waals surface area contributed by atoms with Gasteiger partial charge in [-0.25, -0.2) is 18.6 Å². The first kappa shape index (κ1) is 13.1. The molecule has 7 heteroatoms. The maximum absolute atomic E-state index is 12.5. The monoisotopic (exact) mass is 269 g/mol. The molecule has 0 bridgehead atoms. The number of rotatable bonds is 3. The van der Waals surface area contributed by atoms with Gasteiger partial charge in [-0.15, -0.1) is 11.6 Å². The third-order valence-corrected chi connectivity index (χ3v) is 2.38. The van der Waals surface area contributed by atoms with Crippen molar-refractivity contribution >= 4 is 29.2 Å². The highest BCUT2D eigenvalue weighted by Crippen LogP contribution is 2.27. The lowest BCUT2D eigenvalue weighted by Crippen LogP contribution is -2.09. The molecule has 16 heavy (non-hydrogen) atoms. The van der Waals surface area contributed by atoms with Crippen LogP contribution in [0.3, 0.4) is 0 Å². The third-order valence-electron chi connectivity index (χ3n) is 1.82. The van der Waals surface area contributed by atoms with E-state index in [2.05, 4.69) is 9.72 Å². The molecule has 0 unspecified atom stereocenters. The second-order valence-corrected chi connectivity index (χ2v) is 3.45. The van der Waals surface area contributed by atoms with Crippen molar-refractivity contribution in [3.05, 3.63) is 28.0 Å². The summed E-state index contributed by atoms with van der Waals surface area (Å²) in [6.07, 6.45) is -2.82. The first-order valence-electron chi connectivity index (χ1n) is 4.13. The van der Waals surface area contributed by atoms with Crippen molar-refractivity contribution in [1.29, 1.82) is 0 Å². The van der Waals surface area contributed by atoms with Crippen LogP contribution in [0.5, 0.6) is 0 Å². The van der Waals surface area contributed by atoms with Gasteiger partial charge in [-0.2, -0.15) is 0 Å². The highest BCUT2D eigenvalue weighted by molar-refractivity contribution is 6.31. The van der Waals surface area contributed by atoms with Crippen LogP contribution in [0.15, 0.2) is 6.07 Å². The highest BCUT2D eigenvalue weighted by atomic mass is 35.5. The maximum Gasteiger partial charge on any atom is 0.339 e. The van der Waals surface area contributed by atoms with Crippen LogP contribution in [0.25, 0.3) is 0 Å². The Morgan fingerprint density at radius 2 is 2.25 bits per heavy atom. The fourth-order valence-electron chi connectivity index (χ4n) is 1.08. The molecule has 0 aromatic carbocycles. The number of carbonyl (C=O) groups excluding carboxylic acids is 1. The first-order valence-corrected chi connectivity index (χ1v) is 5.04. The molecular weight excluding hydrogens is 263 g/mol. The van der Waals surface area contributed by atoms with E-state index in [0.29, 0.717) is 0 Å². The van der Waals surface area contributed by atoms with Gasteiger partial charge in [-0.1, -0.05) is 11.6 Å². The molecule has 0 aliphatic rings. The van der Waals surface area contributed by atoms with Gasteiger partial charge >= 0.3 is 5.97 Å². The van der Waals surface area contributed by atoms with Gasteiger partial charge in [0.15, 0.2) is 0 Å². The summed E-state index contributed by atoms with van der Waals surface area (Å²) in [6, 6.07) is 1.08. The van der Waals surface area contributed by atoms with Gasteiger partial charge in [-0.05, 0) is 6.07 Å². The first-order chi connectivity index (χ1) is 7.51. The van der Waals surface area contributed by atoms with Crippen LogP contribution < -0.4 is 0 Å². The number of hydrogen-bond donors (Lipinski definition) is 0. The number of hydrogen-bond acceptors (Lipinski definition) is 3. The van der Waals surface area contributed by atoms with Crippen molar-refractivity contribution in [2.45, 2.75) is 12.3 Å². The second kappa shape index (κ2) is 5.41. The quantitative estimate of drug-likeness (QED) is 0.625. The van der Waals surface area contributed by atoms with Crippen LogP contribution in [0.2, 0.25) is 5.02 Å². The topological polar surface area (TPSA) is 39.2 Å². The molecule has 0 saturated carbocycles.